The van der Waals surface area contributed by atoms with E-state index in [2.05, 4.69) is 124 Å². The molecule has 39 heavy (non-hydrogen) atoms. The van der Waals surface area contributed by atoms with Crippen LogP contribution in [-0.2, 0) is 19.5 Å². The van der Waals surface area contributed by atoms with E-state index in [-0.39, 0.29) is 17.8 Å². The summed E-state index contributed by atoms with van der Waals surface area (Å²) in [6.45, 7) is 5.86. The molecule has 0 saturated carbocycles. The van der Waals surface area contributed by atoms with Crippen LogP contribution in [0.4, 0.5) is 5.69 Å². The van der Waals surface area contributed by atoms with Gasteiger partial charge in [0.15, 0.2) is 0 Å². The van der Waals surface area contributed by atoms with E-state index in [9.17, 15) is 0 Å². The van der Waals surface area contributed by atoms with Crippen LogP contribution in [0, 0.1) is 5.92 Å². The van der Waals surface area contributed by atoms with Crippen molar-refractivity contribution in [3.05, 3.63) is 102 Å². The first-order valence-corrected chi connectivity index (χ1v) is 14.2. The molecule has 2 fully saturated rings. The molecule has 2 aliphatic rings. The van der Waals surface area contributed by atoms with Gasteiger partial charge in [0.1, 0.15) is 0 Å². The number of nitrogens with zero attached hydrogens (tertiary/aromatic N) is 4. The fraction of sp³-hybridized carbons (Fsp3) is 0.353. The lowest BCUT2D eigenvalue weighted by molar-refractivity contribution is 0.161. The largest absolute Gasteiger partial charge is 0.371 e. The van der Waals surface area contributed by atoms with Crippen LogP contribution in [0.3, 0.4) is 0 Å². The molecule has 2 saturated heterocycles. The molecule has 3 aromatic carbocycles. The summed E-state index contributed by atoms with van der Waals surface area (Å²) in [4.78, 5) is 5.33. The summed E-state index contributed by atoms with van der Waals surface area (Å²) in [5.41, 5.74) is 7.06. The standard InChI is InChI=1S/C34H38N4.ClH/c1-35-24-30(28-12-6-8-14-32(28)35)34(31-25-36(2)33-15-9-7-13-29(31)33)17-20-37(21-18-34)22-26-16-19-38(23-26)27-10-4-3-5-11-27;/h3-15,24-26H,16-23H2,1-2H3;1H. The first-order chi connectivity index (χ1) is 18.6. The maximum atomic E-state index is 2.76. The number of rotatable bonds is 5. The molecule has 4 nitrogen and oxygen atoms in total. The van der Waals surface area contributed by atoms with Crippen LogP contribution in [0.2, 0.25) is 0 Å². The van der Waals surface area contributed by atoms with E-state index in [1.54, 1.807) is 0 Å². The average molecular weight is 539 g/mol. The smallest absolute Gasteiger partial charge is 0.0480 e. The molecule has 2 aliphatic heterocycles. The van der Waals surface area contributed by atoms with Crippen LogP contribution < -0.4 is 4.90 Å². The zero-order valence-electron chi connectivity index (χ0n) is 23.1. The van der Waals surface area contributed by atoms with Crippen molar-refractivity contribution in [1.82, 2.24) is 14.0 Å². The second-order valence-electron chi connectivity index (χ2n) is 11.7. The summed E-state index contributed by atoms with van der Waals surface area (Å²) in [6, 6.07) is 28.9. The van der Waals surface area contributed by atoms with Crippen LogP contribution in [0.25, 0.3) is 21.8 Å². The fourth-order valence-corrected chi connectivity index (χ4v) is 7.47. The zero-order valence-corrected chi connectivity index (χ0v) is 23.9. The molecule has 202 valence electrons. The third kappa shape index (κ3) is 4.44. The van der Waals surface area contributed by atoms with E-state index in [1.165, 1.54) is 64.7 Å². The first kappa shape index (κ1) is 26.0. The number of hydrogen-bond acceptors (Lipinski definition) is 2. The lowest BCUT2D eigenvalue weighted by atomic mass is 9.67. The summed E-state index contributed by atoms with van der Waals surface area (Å²) >= 11 is 0. The Balaban J connectivity index is 0.00000277. The van der Waals surface area contributed by atoms with E-state index >= 15 is 0 Å². The second kappa shape index (κ2) is 10.4. The Morgan fingerprint density at radius 1 is 0.692 bits per heavy atom. The van der Waals surface area contributed by atoms with Gasteiger partial charge in [-0.15, -0.1) is 12.4 Å². The lowest BCUT2D eigenvalue weighted by Gasteiger charge is -2.43. The van der Waals surface area contributed by atoms with E-state index in [4.69, 9.17) is 0 Å². The quantitative estimate of drug-likeness (QED) is 0.239. The highest BCUT2D eigenvalue weighted by atomic mass is 35.5. The lowest BCUT2D eigenvalue weighted by Crippen LogP contribution is -2.45. The highest BCUT2D eigenvalue weighted by Gasteiger charge is 2.42. The molecule has 5 aromatic rings. The number of hydrogen-bond donors (Lipinski definition) is 0. The topological polar surface area (TPSA) is 16.3 Å². The average Bonchev–Trinajstić information content (AvgIpc) is 3.67. The van der Waals surface area contributed by atoms with Gasteiger partial charge in [-0.2, -0.15) is 0 Å². The number of fused-ring (bicyclic) bond motifs is 2. The molecule has 7 rings (SSSR count). The van der Waals surface area contributed by atoms with E-state index in [0.717, 1.165) is 31.8 Å². The molecule has 0 radical (unpaired) electrons. The van der Waals surface area contributed by atoms with Crippen LogP contribution in [0.1, 0.15) is 30.4 Å². The first-order valence-electron chi connectivity index (χ1n) is 14.2. The summed E-state index contributed by atoms with van der Waals surface area (Å²) in [5.74, 6) is 0.748. The van der Waals surface area contributed by atoms with E-state index < -0.39 is 0 Å². The molecule has 2 aromatic heterocycles. The predicted molar refractivity (Wildman–Crippen MR) is 166 cm³/mol. The Kier molecular flexibility index (Phi) is 6.95. The Bertz CT molecular complexity index is 1490. The van der Waals surface area contributed by atoms with Gasteiger partial charge in [0, 0.05) is 79.0 Å². The molecule has 1 atom stereocenters. The Labute approximate surface area is 238 Å². The van der Waals surface area contributed by atoms with Crippen molar-refractivity contribution in [2.45, 2.75) is 24.7 Å². The number of aromatic nitrogens is 2. The number of para-hydroxylation sites is 3. The Morgan fingerprint density at radius 2 is 1.23 bits per heavy atom. The third-order valence-electron chi connectivity index (χ3n) is 9.46. The highest BCUT2D eigenvalue weighted by Crippen LogP contribution is 2.48. The summed E-state index contributed by atoms with van der Waals surface area (Å²) in [6.07, 6.45) is 8.46. The van der Waals surface area contributed by atoms with Crippen molar-refractivity contribution in [1.29, 1.82) is 0 Å². The van der Waals surface area contributed by atoms with Gasteiger partial charge in [-0.3, -0.25) is 0 Å². The second-order valence-corrected chi connectivity index (χ2v) is 11.7. The number of aryl methyl sites for hydroxylation is 2. The van der Waals surface area contributed by atoms with E-state index in [0.29, 0.717) is 0 Å². The molecule has 0 N–H and O–H groups in total. The van der Waals surface area contributed by atoms with Gasteiger partial charge >= 0.3 is 0 Å². The maximum Gasteiger partial charge on any atom is 0.0480 e. The number of anilines is 1. The molecule has 0 bridgehead atoms. The normalized spacial score (nSPS) is 19.5. The zero-order chi connectivity index (χ0) is 25.7. The van der Waals surface area contributed by atoms with Crippen molar-refractivity contribution in [3.63, 3.8) is 0 Å². The van der Waals surface area contributed by atoms with Gasteiger partial charge in [-0.1, -0.05) is 54.6 Å². The van der Waals surface area contributed by atoms with Crippen molar-refractivity contribution < 1.29 is 0 Å². The molecular weight excluding hydrogens is 500 g/mol. The van der Waals surface area contributed by atoms with Crippen molar-refractivity contribution in [3.8, 4) is 0 Å². The molecule has 5 heteroatoms. The monoisotopic (exact) mass is 538 g/mol. The molecule has 4 heterocycles. The van der Waals surface area contributed by atoms with Crippen LogP contribution in [0.15, 0.2) is 91.3 Å². The highest BCUT2D eigenvalue weighted by molar-refractivity contribution is 5.90. The minimum atomic E-state index is 0. The van der Waals surface area contributed by atoms with Gasteiger partial charge in [0.05, 0.1) is 0 Å². The SMILES string of the molecule is Cl.Cn1cc(C2(c3cn(C)c4ccccc34)CCN(CC3CCN(c4ccccc4)C3)CC2)c2ccccc21. The van der Waals surface area contributed by atoms with Gasteiger partial charge in [-0.05, 0) is 73.7 Å². The Hall–Kier alpha value is -3.21. The van der Waals surface area contributed by atoms with Crippen LogP contribution in [0.5, 0.6) is 0 Å². The van der Waals surface area contributed by atoms with Gasteiger partial charge < -0.3 is 18.9 Å². The molecular formula is C34H39ClN4. The summed E-state index contributed by atoms with van der Waals surface area (Å²) in [5, 5.41) is 2.82. The van der Waals surface area contributed by atoms with Crippen molar-refractivity contribution in [2.75, 3.05) is 37.6 Å². The number of benzene rings is 3. The fourth-order valence-electron chi connectivity index (χ4n) is 7.47. The van der Waals surface area contributed by atoms with Crippen molar-refractivity contribution in [2.24, 2.45) is 20.0 Å². The summed E-state index contributed by atoms with van der Waals surface area (Å²) < 4.78 is 4.67. The minimum absolute atomic E-state index is 0. The molecule has 0 amide bonds. The van der Waals surface area contributed by atoms with Crippen molar-refractivity contribution >= 4 is 39.9 Å². The number of halogens is 1. The summed E-state index contributed by atoms with van der Waals surface area (Å²) in [7, 11) is 4.41. The molecule has 0 aliphatic carbocycles. The maximum absolute atomic E-state index is 2.76. The number of likely N-dealkylation sites (tertiary alicyclic amines) is 1. The minimum Gasteiger partial charge on any atom is -0.371 e. The van der Waals surface area contributed by atoms with Crippen LogP contribution in [-0.4, -0.2) is 46.8 Å². The number of piperidine rings is 1. The molecule has 0 spiro atoms. The Morgan fingerprint density at radius 3 is 1.82 bits per heavy atom. The van der Waals surface area contributed by atoms with Gasteiger partial charge in [0.25, 0.3) is 0 Å². The third-order valence-corrected chi connectivity index (χ3v) is 9.46. The predicted octanol–water partition coefficient (Wildman–Crippen LogP) is 7.00. The van der Waals surface area contributed by atoms with E-state index in [1.807, 2.05) is 0 Å². The van der Waals surface area contributed by atoms with Gasteiger partial charge in [-0.25, -0.2) is 0 Å². The van der Waals surface area contributed by atoms with Crippen LogP contribution >= 0.6 is 12.4 Å². The van der Waals surface area contributed by atoms with Gasteiger partial charge in [0.2, 0.25) is 0 Å². The molecule has 1 unspecified atom stereocenters.